The van der Waals surface area contributed by atoms with Gasteiger partial charge in [0.15, 0.2) is 0 Å². The van der Waals surface area contributed by atoms with Crippen molar-refractivity contribution < 1.29 is 14.7 Å². The molecule has 0 aliphatic heterocycles. The summed E-state index contributed by atoms with van der Waals surface area (Å²) in [6.45, 7) is 3.54. The average Bonchev–Trinajstić information content (AvgIpc) is 2.35. The quantitative estimate of drug-likeness (QED) is 0.777. The second-order valence-corrected chi connectivity index (χ2v) is 5.11. The lowest BCUT2D eigenvalue weighted by Gasteiger charge is -2.18. The predicted molar refractivity (Wildman–Crippen MR) is 75.9 cm³/mol. The monoisotopic (exact) mass is 328 g/mol. The Hall–Kier alpha value is -1.56. The summed E-state index contributed by atoms with van der Waals surface area (Å²) in [6, 6.07) is 6.01. The van der Waals surface area contributed by atoms with Gasteiger partial charge in [0.05, 0.1) is 6.04 Å². The fraction of sp³-hybridized carbons (Fsp3) is 0.385. The van der Waals surface area contributed by atoms with E-state index in [1.165, 1.54) is 0 Å². The van der Waals surface area contributed by atoms with Gasteiger partial charge in [0.25, 0.3) is 0 Å². The van der Waals surface area contributed by atoms with E-state index in [4.69, 9.17) is 5.11 Å². The molecule has 104 valence electrons. The van der Waals surface area contributed by atoms with Crippen LogP contribution < -0.4 is 10.6 Å². The van der Waals surface area contributed by atoms with Crippen LogP contribution >= 0.6 is 15.9 Å². The smallest absolute Gasteiger partial charge is 0.326 e. The normalized spacial score (nSPS) is 13.4. The molecule has 1 aromatic carbocycles. The SMILES string of the molecule is CC[C@@H](NC(=O)NC(C)c1cccc(Br)c1)C(=O)O. The molecule has 2 amide bonds. The summed E-state index contributed by atoms with van der Waals surface area (Å²) in [7, 11) is 0. The molecule has 1 rings (SSSR count). The van der Waals surface area contributed by atoms with Crippen molar-refractivity contribution in [3.8, 4) is 0 Å². The molecule has 0 aliphatic carbocycles. The highest BCUT2D eigenvalue weighted by molar-refractivity contribution is 9.10. The Bertz CT molecular complexity index is 465. The highest BCUT2D eigenvalue weighted by atomic mass is 79.9. The standard InChI is InChI=1S/C13H17BrN2O3/c1-3-11(12(17)18)16-13(19)15-8(2)9-5-4-6-10(14)7-9/h4-8,11H,3H2,1-2H3,(H,17,18)(H2,15,16,19)/t8?,11-/m1/s1. The van der Waals surface area contributed by atoms with Gasteiger partial charge in [0.1, 0.15) is 6.04 Å². The van der Waals surface area contributed by atoms with E-state index in [9.17, 15) is 9.59 Å². The van der Waals surface area contributed by atoms with Gasteiger partial charge in [-0.25, -0.2) is 9.59 Å². The largest absolute Gasteiger partial charge is 0.480 e. The molecule has 0 saturated carbocycles. The zero-order valence-electron chi connectivity index (χ0n) is 10.8. The molecule has 0 radical (unpaired) electrons. The molecule has 19 heavy (non-hydrogen) atoms. The Morgan fingerprint density at radius 3 is 2.58 bits per heavy atom. The van der Waals surface area contributed by atoms with Crippen LogP contribution in [0.1, 0.15) is 31.9 Å². The van der Waals surface area contributed by atoms with E-state index in [1.54, 1.807) is 6.92 Å². The van der Waals surface area contributed by atoms with Crippen molar-refractivity contribution in [1.82, 2.24) is 10.6 Å². The Balaban J connectivity index is 2.59. The van der Waals surface area contributed by atoms with Gasteiger partial charge in [-0.05, 0) is 31.0 Å². The summed E-state index contributed by atoms with van der Waals surface area (Å²) in [6.07, 6.45) is 0.341. The molecule has 0 bridgehead atoms. The highest BCUT2D eigenvalue weighted by Crippen LogP contribution is 2.17. The van der Waals surface area contributed by atoms with E-state index < -0.39 is 18.0 Å². The Kier molecular flexibility index (Phi) is 5.82. The third-order valence-electron chi connectivity index (χ3n) is 2.71. The Labute approximate surface area is 120 Å². The number of carbonyl (C=O) groups excluding carboxylic acids is 1. The first kappa shape index (κ1) is 15.5. The van der Waals surface area contributed by atoms with E-state index in [0.717, 1.165) is 10.0 Å². The summed E-state index contributed by atoms with van der Waals surface area (Å²) in [5, 5.41) is 14.0. The third-order valence-corrected chi connectivity index (χ3v) is 3.20. The van der Waals surface area contributed by atoms with Crippen molar-refractivity contribution in [1.29, 1.82) is 0 Å². The van der Waals surface area contributed by atoms with Crippen molar-refractivity contribution >= 4 is 27.9 Å². The van der Waals surface area contributed by atoms with Crippen LogP contribution in [0.2, 0.25) is 0 Å². The number of carboxylic acids is 1. The van der Waals surface area contributed by atoms with Gasteiger partial charge in [-0.15, -0.1) is 0 Å². The summed E-state index contributed by atoms with van der Waals surface area (Å²) >= 11 is 3.36. The van der Waals surface area contributed by atoms with E-state index in [2.05, 4.69) is 26.6 Å². The zero-order chi connectivity index (χ0) is 14.4. The number of aliphatic carboxylic acids is 1. The van der Waals surface area contributed by atoms with Crippen molar-refractivity contribution in [2.24, 2.45) is 0 Å². The fourth-order valence-corrected chi connectivity index (χ4v) is 2.01. The first-order valence-electron chi connectivity index (χ1n) is 5.99. The minimum absolute atomic E-state index is 0.205. The molecule has 0 spiro atoms. The molecule has 6 heteroatoms. The summed E-state index contributed by atoms with van der Waals surface area (Å²) in [5.41, 5.74) is 0.938. The molecule has 0 aromatic heterocycles. The molecule has 1 unspecified atom stereocenters. The maximum atomic E-state index is 11.7. The van der Waals surface area contributed by atoms with Crippen molar-refractivity contribution in [2.75, 3.05) is 0 Å². The lowest BCUT2D eigenvalue weighted by atomic mass is 10.1. The number of hydrogen-bond donors (Lipinski definition) is 3. The van der Waals surface area contributed by atoms with E-state index >= 15 is 0 Å². The first-order chi connectivity index (χ1) is 8.93. The van der Waals surface area contributed by atoms with Crippen LogP contribution in [-0.4, -0.2) is 23.1 Å². The molecular weight excluding hydrogens is 312 g/mol. The topological polar surface area (TPSA) is 78.4 Å². The first-order valence-corrected chi connectivity index (χ1v) is 6.78. The number of urea groups is 1. The van der Waals surface area contributed by atoms with E-state index in [0.29, 0.717) is 6.42 Å². The molecular formula is C13H17BrN2O3. The van der Waals surface area contributed by atoms with Gasteiger partial charge in [0.2, 0.25) is 0 Å². The number of amides is 2. The zero-order valence-corrected chi connectivity index (χ0v) is 12.4. The summed E-state index contributed by atoms with van der Waals surface area (Å²) in [5.74, 6) is -1.03. The number of halogens is 1. The molecule has 0 fully saturated rings. The Morgan fingerprint density at radius 2 is 2.05 bits per heavy atom. The number of hydrogen-bond acceptors (Lipinski definition) is 2. The highest BCUT2D eigenvalue weighted by Gasteiger charge is 2.18. The van der Waals surface area contributed by atoms with Crippen LogP contribution in [-0.2, 0) is 4.79 Å². The van der Waals surface area contributed by atoms with E-state index in [1.807, 2.05) is 31.2 Å². The van der Waals surface area contributed by atoms with Crippen LogP contribution in [0.3, 0.4) is 0 Å². The molecule has 3 N–H and O–H groups in total. The van der Waals surface area contributed by atoms with Crippen LogP contribution in [0.5, 0.6) is 0 Å². The minimum Gasteiger partial charge on any atom is -0.480 e. The maximum Gasteiger partial charge on any atom is 0.326 e. The van der Waals surface area contributed by atoms with Crippen molar-refractivity contribution in [2.45, 2.75) is 32.4 Å². The van der Waals surface area contributed by atoms with Gasteiger partial charge in [0, 0.05) is 4.47 Å². The van der Waals surface area contributed by atoms with Crippen molar-refractivity contribution in [3.63, 3.8) is 0 Å². The number of carboxylic acid groups (broad SMARTS) is 1. The van der Waals surface area contributed by atoms with Crippen LogP contribution in [0.25, 0.3) is 0 Å². The van der Waals surface area contributed by atoms with Gasteiger partial charge in [-0.1, -0.05) is 35.0 Å². The molecule has 0 heterocycles. The van der Waals surface area contributed by atoms with Gasteiger partial charge in [-0.3, -0.25) is 0 Å². The predicted octanol–water partition coefficient (Wildman–Crippen LogP) is 2.67. The summed E-state index contributed by atoms with van der Waals surface area (Å²) < 4.78 is 0.927. The number of rotatable bonds is 5. The minimum atomic E-state index is -1.03. The van der Waals surface area contributed by atoms with E-state index in [-0.39, 0.29) is 6.04 Å². The lowest BCUT2D eigenvalue weighted by molar-refractivity contribution is -0.139. The van der Waals surface area contributed by atoms with Crippen LogP contribution in [0, 0.1) is 0 Å². The van der Waals surface area contributed by atoms with Crippen LogP contribution in [0.15, 0.2) is 28.7 Å². The Morgan fingerprint density at radius 1 is 1.37 bits per heavy atom. The lowest BCUT2D eigenvalue weighted by Crippen LogP contribution is -2.46. The molecule has 1 aromatic rings. The number of nitrogens with one attached hydrogen (secondary N) is 2. The van der Waals surface area contributed by atoms with Gasteiger partial charge >= 0.3 is 12.0 Å². The van der Waals surface area contributed by atoms with Gasteiger partial charge < -0.3 is 15.7 Å². The molecule has 5 nitrogen and oxygen atoms in total. The van der Waals surface area contributed by atoms with Gasteiger partial charge in [-0.2, -0.15) is 0 Å². The molecule has 0 saturated heterocycles. The van der Waals surface area contributed by atoms with Crippen molar-refractivity contribution in [3.05, 3.63) is 34.3 Å². The molecule has 2 atom stereocenters. The average molecular weight is 329 g/mol. The van der Waals surface area contributed by atoms with Crippen LogP contribution in [0.4, 0.5) is 4.79 Å². The number of carbonyl (C=O) groups is 2. The molecule has 0 aliphatic rings. The summed E-state index contributed by atoms with van der Waals surface area (Å²) in [4.78, 5) is 22.5. The number of benzene rings is 1. The third kappa shape index (κ3) is 4.90. The second-order valence-electron chi connectivity index (χ2n) is 4.19. The fourth-order valence-electron chi connectivity index (χ4n) is 1.59. The second kappa shape index (κ2) is 7.13. The maximum absolute atomic E-state index is 11.7.